The first-order valence-corrected chi connectivity index (χ1v) is 8.84. The summed E-state index contributed by atoms with van der Waals surface area (Å²) in [6.07, 6.45) is 1.06. The predicted octanol–water partition coefficient (Wildman–Crippen LogP) is 0.970. The number of nitrogens with zero attached hydrogens (tertiary/aromatic N) is 2. The van der Waals surface area contributed by atoms with Crippen molar-refractivity contribution >= 4 is 5.91 Å². The van der Waals surface area contributed by atoms with Gasteiger partial charge in [0.2, 0.25) is 0 Å². The zero-order chi connectivity index (χ0) is 16.8. The molecule has 6 heteroatoms. The van der Waals surface area contributed by atoms with Crippen LogP contribution in [0.4, 0.5) is 0 Å². The normalized spacial score (nSPS) is 21.7. The van der Waals surface area contributed by atoms with Crippen molar-refractivity contribution in [3.05, 3.63) is 24.3 Å². The summed E-state index contributed by atoms with van der Waals surface area (Å²) in [5.74, 6) is 1.58. The van der Waals surface area contributed by atoms with Crippen LogP contribution >= 0.6 is 0 Å². The molecule has 0 spiro atoms. The minimum absolute atomic E-state index is 0.0709. The lowest BCUT2D eigenvalue weighted by Crippen LogP contribution is -2.49. The fraction of sp³-hybridized carbons (Fsp3) is 0.611. The number of likely N-dealkylation sites (tertiary alicyclic amines) is 1. The second-order valence-electron chi connectivity index (χ2n) is 6.26. The third-order valence-corrected chi connectivity index (χ3v) is 4.68. The number of hydrogen-bond acceptors (Lipinski definition) is 5. The van der Waals surface area contributed by atoms with E-state index in [9.17, 15) is 4.79 Å². The third kappa shape index (κ3) is 4.39. The molecule has 2 saturated heterocycles. The van der Waals surface area contributed by atoms with Crippen LogP contribution in [-0.4, -0.2) is 74.2 Å². The smallest absolute Gasteiger partial charge is 0.260 e. The van der Waals surface area contributed by atoms with Gasteiger partial charge in [-0.25, -0.2) is 0 Å². The lowest BCUT2D eigenvalue weighted by atomic mass is 10.2. The molecule has 3 rings (SSSR count). The van der Waals surface area contributed by atoms with Crippen LogP contribution in [0, 0.1) is 0 Å². The van der Waals surface area contributed by atoms with Gasteiger partial charge in [0.05, 0.1) is 6.61 Å². The number of nitrogens with one attached hydrogen (secondary N) is 1. The quantitative estimate of drug-likeness (QED) is 0.841. The van der Waals surface area contributed by atoms with Gasteiger partial charge in [-0.15, -0.1) is 0 Å². The molecule has 0 radical (unpaired) electrons. The van der Waals surface area contributed by atoms with Crippen molar-refractivity contribution in [1.29, 1.82) is 0 Å². The van der Waals surface area contributed by atoms with E-state index in [2.05, 4.69) is 10.2 Å². The first-order valence-electron chi connectivity index (χ1n) is 8.84. The number of piperazine rings is 1. The minimum atomic E-state index is 0.0709. The monoisotopic (exact) mass is 333 g/mol. The maximum atomic E-state index is 12.4. The number of amides is 1. The lowest BCUT2D eigenvalue weighted by molar-refractivity contribution is -0.132. The van der Waals surface area contributed by atoms with Crippen molar-refractivity contribution in [2.24, 2.45) is 0 Å². The number of hydrogen-bond donors (Lipinski definition) is 1. The van der Waals surface area contributed by atoms with Crippen LogP contribution in [0.25, 0.3) is 0 Å². The highest BCUT2D eigenvalue weighted by atomic mass is 16.5. The summed E-state index contributed by atoms with van der Waals surface area (Å²) in [6, 6.07) is 7.90. The van der Waals surface area contributed by atoms with Gasteiger partial charge in [0.25, 0.3) is 5.91 Å². The van der Waals surface area contributed by atoms with Crippen LogP contribution < -0.4 is 14.8 Å². The largest absolute Gasteiger partial charge is 0.494 e. The Bertz CT molecular complexity index is 529. The molecule has 2 aliphatic heterocycles. The van der Waals surface area contributed by atoms with Gasteiger partial charge < -0.3 is 19.7 Å². The molecule has 0 bridgehead atoms. The highest BCUT2D eigenvalue weighted by Crippen LogP contribution is 2.19. The second-order valence-corrected chi connectivity index (χ2v) is 6.26. The first kappa shape index (κ1) is 17.0. The minimum Gasteiger partial charge on any atom is -0.494 e. The molecule has 1 unspecified atom stereocenters. The molecule has 1 aromatic rings. The van der Waals surface area contributed by atoms with Crippen LogP contribution in [0.1, 0.15) is 13.3 Å². The highest BCUT2D eigenvalue weighted by molar-refractivity contribution is 5.78. The summed E-state index contributed by atoms with van der Waals surface area (Å²) in [5.41, 5.74) is 0. The fourth-order valence-electron chi connectivity index (χ4n) is 3.35. The highest BCUT2D eigenvalue weighted by Gasteiger charge is 2.30. The molecule has 0 saturated carbocycles. The van der Waals surface area contributed by atoms with Crippen molar-refractivity contribution in [2.75, 3.05) is 52.5 Å². The number of benzene rings is 1. The van der Waals surface area contributed by atoms with E-state index in [-0.39, 0.29) is 12.5 Å². The molecule has 2 aliphatic rings. The predicted molar refractivity (Wildman–Crippen MR) is 92.5 cm³/mol. The molecule has 1 amide bonds. The zero-order valence-electron chi connectivity index (χ0n) is 14.4. The van der Waals surface area contributed by atoms with Crippen molar-refractivity contribution in [2.45, 2.75) is 19.4 Å². The lowest BCUT2D eigenvalue weighted by Gasteiger charge is -2.32. The summed E-state index contributed by atoms with van der Waals surface area (Å²) in [7, 11) is 0. The third-order valence-electron chi connectivity index (χ3n) is 4.68. The van der Waals surface area contributed by atoms with Gasteiger partial charge >= 0.3 is 0 Å². The Hall–Kier alpha value is -1.79. The van der Waals surface area contributed by atoms with E-state index in [1.165, 1.54) is 0 Å². The van der Waals surface area contributed by atoms with Crippen LogP contribution in [0.15, 0.2) is 24.3 Å². The topological polar surface area (TPSA) is 54.0 Å². The standard InChI is InChI=1S/C18H27N3O3/c1-2-23-16-3-5-17(6-4-16)24-14-18(22)21-10-7-15(13-21)20-11-8-19-9-12-20/h3-6,15,19H,2,7-14H2,1H3. The van der Waals surface area contributed by atoms with Crippen molar-refractivity contribution < 1.29 is 14.3 Å². The van der Waals surface area contributed by atoms with Gasteiger partial charge in [-0.1, -0.05) is 0 Å². The second kappa shape index (κ2) is 8.35. The van der Waals surface area contributed by atoms with E-state index in [4.69, 9.17) is 9.47 Å². The molecular formula is C18H27N3O3. The van der Waals surface area contributed by atoms with E-state index < -0.39 is 0 Å². The molecule has 1 N–H and O–H groups in total. The van der Waals surface area contributed by atoms with Gasteiger partial charge in [0.15, 0.2) is 6.61 Å². The fourth-order valence-corrected chi connectivity index (χ4v) is 3.35. The van der Waals surface area contributed by atoms with E-state index in [1.54, 1.807) is 0 Å². The molecular weight excluding hydrogens is 306 g/mol. The Morgan fingerprint density at radius 3 is 2.46 bits per heavy atom. The summed E-state index contributed by atoms with van der Waals surface area (Å²) < 4.78 is 11.0. The number of carbonyl (C=O) groups excluding carboxylic acids is 1. The van der Waals surface area contributed by atoms with Gasteiger partial charge in [-0.3, -0.25) is 9.69 Å². The summed E-state index contributed by atoms with van der Waals surface area (Å²) in [4.78, 5) is 16.8. The molecule has 1 atom stereocenters. The van der Waals surface area contributed by atoms with Crippen LogP contribution in [0.3, 0.4) is 0 Å². The van der Waals surface area contributed by atoms with Crippen molar-refractivity contribution in [3.63, 3.8) is 0 Å². The molecule has 0 aromatic heterocycles. The summed E-state index contributed by atoms with van der Waals surface area (Å²) in [6.45, 7) is 8.60. The Kier molecular flexibility index (Phi) is 5.93. The zero-order valence-corrected chi connectivity index (χ0v) is 14.4. The maximum absolute atomic E-state index is 12.4. The number of rotatable bonds is 6. The molecule has 6 nitrogen and oxygen atoms in total. The van der Waals surface area contributed by atoms with E-state index in [1.807, 2.05) is 36.1 Å². The Labute approximate surface area is 143 Å². The molecule has 0 aliphatic carbocycles. The summed E-state index contributed by atoms with van der Waals surface area (Å²) in [5, 5.41) is 3.37. The van der Waals surface area contributed by atoms with Gasteiger partial charge in [0.1, 0.15) is 11.5 Å². The van der Waals surface area contributed by atoms with E-state index in [0.717, 1.165) is 51.4 Å². The average molecular weight is 333 g/mol. The Morgan fingerprint density at radius 1 is 1.12 bits per heavy atom. The molecule has 2 heterocycles. The van der Waals surface area contributed by atoms with E-state index in [0.29, 0.717) is 18.4 Å². The molecule has 2 fully saturated rings. The Morgan fingerprint density at radius 2 is 1.79 bits per heavy atom. The van der Waals surface area contributed by atoms with Gasteiger partial charge in [-0.05, 0) is 37.6 Å². The van der Waals surface area contributed by atoms with Crippen molar-refractivity contribution in [3.8, 4) is 11.5 Å². The van der Waals surface area contributed by atoms with Crippen molar-refractivity contribution in [1.82, 2.24) is 15.1 Å². The van der Waals surface area contributed by atoms with Crippen LogP contribution in [0.5, 0.6) is 11.5 Å². The molecule has 24 heavy (non-hydrogen) atoms. The molecule has 1 aromatic carbocycles. The SMILES string of the molecule is CCOc1ccc(OCC(=O)N2CCC(N3CCNCC3)C2)cc1. The van der Waals surface area contributed by atoms with Gasteiger partial charge in [0, 0.05) is 45.3 Å². The van der Waals surface area contributed by atoms with Crippen LogP contribution in [-0.2, 0) is 4.79 Å². The number of carbonyl (C=O) groups is 1. The average Bonchev–Trinajstić information content (AvgIpc) is 3.12. The number of ether oxygens (including phenoxy) is 2. The maximum Gasteiger partial charge on any atom is 0.260 e. The van der Waals surface area contributed by atoms with Crippen LogP contribution in [0.2, 0.25) is 0 Å². The Balaban J connectivity index is 1.43. The van der Waals surface area contributed by atoms with E-state index >= 15 is 0 Å². The summed E-state index contributed by atoms with van der Waals surface area (Å²) >= 11 is 0. The first-order chi connectivity index (χ1) is 11.8. The van der Waals surface area contributed by atoms with Gasteiger partial charge in [-0.2, -0.15) is 0 Å². The molecule has 132 valence electrons.